The molecular formula is C7H11NO3S. The molecule has 0 aromatic heterocycles. The van der Waals surface area contributed by atoms with E-state index in [1.807, 2.05) is 0 Å². The predicted molar refractivity (Wildman–Crippen MR) is 43.9 cm³/mol. The highest BCUT2D eigenvalue weighted by molar-refractivity contribution is 7.90. The number of sulfonamides is 1. The van der Waals surface area contributed by atoms with Gasteiger partial charge in [-0.05, 0) is 31.3 Å². The first-order valence-corrected chi connectivity index (χ1v) is 5.44. The standard InChI is InChI=1S/C7H11NO3S/c8-12(10,11)7-2-1-5(4-7)3-6(7)9/h3,5,9H,1-2,4H2,(H2,8,10,11). The molecule has 0 saturated heterocycles. The molecule has 3 N–H and O–H groups in total. The Labute approximate surface area is 71.1 Å². The minimum Gasteiger partial charge on any atom is -0.511 e. The van der Waals surface area contributed by atoms with Gasteiger partial charge in [0.15, 0.2) is 0 Å². The molecule has 2 bridgehead atoms. The van der Waals surface area contributed by atoms with Crippen molar-refractivity contribution in [1.82, 2.24) is 0 Å². The zero-order chi connectivity index (χ0) is 8.98. The average Bonchev–Trinajstić information content (AvgIpc) is 2.41. The monoisotopic (exact) mass is 189 g/mol. The second kappa shape index (κ2) is 2.03. The quantitative estimate of drug-likeness (QED) is 0.621. The number of aliphatic hydroxyl groups is 1. The molecule has 0 radical (unpaired) electrons. The van der Waals surface area contributed by atoms with Crippen molar-refractivity contribution in [1.29, 1.82) is 0 Å². The highest BCUT2D eigenvalue weighted by Crippen LogP contribution is 2.49. The van der Waals surface area contributed by atoms with Crippen molar-refractivity contribution in [2.24, 2.45) is 11.1 Å². The second-order valence-electron chi connectivity index (χ2n) is 3.59. The van der Waals surface area contributed by atoms with Gasteiger partial charge in [0.2, 0.25) is 10.0 Å². The number of primary sulfonamides is 1. The third-order valence-electron chi connectivity index (χ3n) is 2.92. The topological polar surface area (TPSA) is 80.4 Å². The van der Waals surface area contributed by atoms with Gasteiger partial charge in [-0.1, -0.05) is 0 Å². The van der Waals surface area contributed by atoms with Crippen LogP contribution in [0.15, 0.2) is 11.8 Å². The van der Waals surface area contributed by atoms with E-state index in [9.17, 15) is 13.5 Å². The van der Waals surface area contributed by atoms with Crippen molar-refractivity contribution in [3.05, 3.63) is 11.8 Å². The summed E-state index contributed by atoms with van der Waals surface area (Å²) in [5, 5.41) is 14.5. The molecule has 2 aliphatic carbocycles. The van der Waals surface area contributed by atoms with Gasteiger partial charge in [0.1, 0.15) is 10.5 Å². The molecule has 0 spiro atoms. The van der Waals surface area contributed by atoms with Crippen molar-refractivity contribution >= 4 is 10.0 Å². The van der Waals surface area contributed by atoms with Crippen LogP contribution in [0.1, 0.15) is 19.3 Å². The molecule has 2 atom stereocenters. The Morgan fingerprint density at radius 3 is 2.58 bits per heavy atom. The maximum atomic E-state index is 11.2. The van der Waals surface area contributed by atoms with Gasteiger partial charge in [-0.2, -0.15) is 0 Å². The fraction of sp³-hybridized carbons (Fsp3) is 0.714. The van der Waals surface area contributed by atoms with E-state index in [1.165, 1.54) is 0 Å². The fourth-order valence-electron chi connectivity index (χ4n) is 2.20. The number of aliphatic hydroxyl groups excluding tert-OH is 1. The lowest BCUT2D eigenvalue weighted by molar-refractivity contribution is 0.346. The summed E-state index contributed by atoms with van der Waals surface area (Å²) in [7, 11) is -3.64. The van der Waals surface area contributed by atoms with E-state index in [0.29, 0.717) is 12.8 Å². The molecule has 0 aliphatic heterocycles. The maximum absolute atomic E-state index is 11.2. The van der Waals surface area contributed by atoms with Crippen molar-refractivity contribution < 1.29 is 13.5 Å². The van der Waals surface area contributed by atoms with E-state index >= 15 is 0 Å². The fourth-order valence-corrected chi connectivity index (χ4v) is 3.41. The Kier molecular flexibility index (Phi) is 1.36. The molecule has 2 rings (SSSR count). The highest BCUT2D eigenvalue weighted by atomic mass is 32.2. The number of rotatable bonds is 1. The Balaban J connectivity index is 2.53. The van der Waals surface area contributed by atoms with E-state index in [1.54, 1.807) is 6.08 Å². The van der Waals surface area contributed by atoms with Crippen LogP contribution < -0.4 is 5.14 Å². The van der Waals surface area contributed by atoms with Crippen molar-refractivity contribution in [2.45, 2.75) is 24.0 Å². The SMILES string of the molecule is NS(=O)(=O)C12CCC(C=C1O)C2. The minimum atomic E-state index is -3.64. The Hall–Kier alpha value is -0.550. The van der Waals surface area contributed by atoms with Crippen LogP contribution in [0.4, 0.5) is 0 Å². The maximum Gasteiger partial charge on any atom is 0.222 e. The summed E-state index contributed by atoms with van der Waals surface area (Å²) in [6, 6.07) is 0. The van der Waals surface area contributed by atoms with Crippen LogP contribution in [0, 0.1) is 5.92 Å². The molecule has 1 saturated carbocycles. The largest absolute Gasteiger partial charge is 0.511 e. The lowest BCUT2D eigenvalue weighted by Gasteiger charge is -2.23. The smallest absolute Gasteiger partial charge is 0.222 e. The Morgan fingerprint density at radius 1 is 1.67 bits per heavy atom. The lowest BCUT2D eigenvalue weighted by atomic mass is 10.1. The molecule has 1 fully saturated rings. The third-order valence-corrected chi connectivity index (χ3v) is 4.59. The lowest BCUT2D eigenvalue weighted by Crippen LogP contribution is -2.41. The van der Waals surface area contributed by atoms with Crippen molar-refractivity contribution in [3.8, 4) is 0 Å². The molecule has 5 heteroatoms. The van der Waals surface area contributed by atoms with Gasteiger partial charge in [-0.3, -0.25) is 0 Å². The average molecular weight is 189 g/mol. The summed E-state index contributed by atoms with van der Waals surface area (Å²) < 4.78 is 21.3. The van der Waals surface area contributed by atoms with Crippen LogP contribution in [0.3, 0.4) is 0 Å². The van der Waals surface area contributed by atoms with E-state index < -0.39 is 14.8 Å². The summed E-state index contributed by atoms with van der Waals surface area (Å²) >= 11 is 0. The first-order valence-electron chi connectivity index (χ1n) is 3.89. The van der Waals surface area contributed by atoms with Crippen molar-refractivity contribution in [3.63, 3.8) is 0 Å². The molecule has 4 nitrogen and oxygen atoms in total. The summed E-state index contributed by atoms with van der Waals surface area (Å²) in [6.45, 7) is 0. The van der Waals surface area contributed by atoms with Gasteiger partial charge in [0, 0.05) is 0 Å². The van der Waals surface area contributed by atoms with E-state index in [2.05, 4.69) is 0 Å². The number of fused-ring (bicyclic) bond motifs is 2. The molecule has 2 unspecified atom stereocenters. The molecule has 2 aliphatic rings. The van der Waals surface area contributed by atoms with Gasteiger partial charge >= 0.3 is 0 Å². The van der Waals surface area contributed by atoms with Crippen LogP contribution in [0.2, 0.25) is 0 Å². The molecular weight excluding hydrogens is 178 g/mol. The van der Waals surface area contributed by atoms with E-state index in [0.717, 1.165) is 6.42 Å². The molecule has 0 aromatic carbocycles. The number of nitrogens with two attached hydrogens (primary N) is 1. The summed E-state index contributed by atoms with van der Waals surface area (Å²) in [6.07, 6.45) is 3.38. The first-order chi connectivity index (χ1) is 5.46. The highest BCUT2D eigenvalue weighted by Gasteiger charge is 2.55. The Bertz CT molecular complexity index is 346. The van der Waals surface area contributed by atoms with E-state index in [-0.39, 0.29) is 11.7 Å². The Morgan fingerprint density at radius 2 is 2.33 bits per heavy atom. The number of allylic oxidation sites excluding steroid dienone is 1. The molecule has 0 aromatic rings. The number of hydrogen-bond acceptors (Lipinski definition) is 3. The zero-order valence-corrected chi connectivity index (χ0v) is 7.34. The zero-order valence-electron chi connectivity index (χ0n) is 6.53. The third kappa shape index (κ3) is 0.778. The molecule has 0 amide bonds. The van der Waals surface area contributed by atoms with Crippen LogP contribution >= 0.6 is 0 Å². The van der Waals surface area contributed by atoms with Gasteiger partial charge in [-0.15, -0.1) is 0 Å². The molecule has 68 valence electrons. The molecule has 0 heterocycles. The van der Waals surface area contributed by atoms with Crippen LogP contribution in [-0.2, 0) is 10.0 Å². The normalized spacial score (nSPS) is 40.1. The molecule has 12 heavy (non-hydrogen) atoms. The second-order valence-corrected chi connectivity index (χ2v) is 5.47. The van der Waals surface area contributed by atoms with Gasteiger partial charge in [-0.25, -0.2) is 13.6 Å². The minimum absolute atomic E-state index is 0.0405. The van der Waals surface area contributed by atoms with Crippen LogP contribution in [0.5, 0.6) is 0 Å². The van der Waals surface area contributed by atoms with Gasteiger partial charge < -0.3 is 5.11 Å². The summed E-state index contributed by atoms with van der Waals surface area (Å²) in [5.41, 5.74) is 0. The number of hydrogen-bond donors (Lipinski definition) is 2. The summed E-state index contributed by atoms with van der Waals surface area (Å²) in [5.74, 6) is 0.171. The van der Waals surface area contributed by atoms with Crippen molar-refractivity contribution in [2.75, 3.05) is 0 Å². The van der Waals surface area contributed by atoms with Gasteiger partial charge in [0.05, 0.1) is 0 Å². The first kappa shape index (κ1) is 8.07. The van der Waals surface area contributed by atoms with Crippen LogP contribution in [-0.4, -0.2) is 18.3 Å². The summed E-state index contributed by atoms with van der Waals surface area (Å²) in [4.78, 5) is 0. The van der Waals surface area contributed by atoms with Gasteiger partial charge in [0.25, 0.3) is 0 Å². The predicted octanol–water partition coefficient (Wildman–Crippen LogP) is 0.269. The van der Waals surface area contributed by atoms with E-state index in [4.69, 9.17) is 5.14 Å². The van der Waals surface area contributed by atoms with Crippen LogP contribution in [0.25, 0.3) is 0 Å².